The first-order chi connectivity index (χ1) is 6.04. The van der Waals surface area contributed by atoms with Gasteiger partial charge in [-0.15, -0.1) is 11.6 Å². The predicted molar refractivity (Wildman–Crippen MR) is 50.0 cm³/mol. The maximum absolute atomic E-state index is 9.79. The molecule has 0 rings (SSSR count). The number of unbranched alkanes of at least 4 members (excludes halogenated alkanes) is 1. The Morgan fingerprint density at radius 3 is 2.08 bits per heavy atom. The van der Waals surface area contributed by atoms with Crippen molar-refractivity contribution in [3.8, 4) is 0 Å². The highest BCUT2D eigenvalue weighted by Crippen LogP contribution is 1.86. The van der Waals surface area contributed by atoms with Crippen LogP contribution in [0.4, 0.5) is 0 Å². The van der Waals surface area contributed by atoms with E-state index in [1.54, 1.807) is 6.08 Å². The second-order valence-corrected chi connectivity index (χ2v) is 2.32. The molecule has 4 nitrogen and oxygen atoms in total. The topological polar surface area (TPSA) is 74.6 Å². The Labute approximate surface area is 81.8 Å². The van der Waals surface area contributed by atoms with Gasteiger partial charge in [0, 0.05) is 6.08 Å². The minimum Gasteiger partial charge on any atom is -0.480 e. The number of carboxylic acids is 2. The van der Waals surface area contributed by atoms with E-state index in [4.69, 9.17) is 21.8 Å². The minimum absolute atomic E-state index is 0.306. The van der Waals surface area contributed by atoms with Crippen LogP contribution in [0.1, 0.15) is 19.8 Å². The van der Waals surface area contributed by atoms with Gasteiger partial charge in [-0.1, -0.05) is 19.4 Å². The fraction of sp³-hybridized carbons (Fsp3) is 0.500. The molecule has 0 unspecified atom stereocenters. The molecule has 0 saturated heterocycles. The zero-order valence-corrected chi connectivity index (χ0v) is 8.12. The van der Waals surface area contributed by atoms with Crippen molar-refractivity contribution in [2.24, 2.45) is 0 Å². The van der Waals surface area contributed by atoms with Crippen LogP contribution in [0.25, 0.3) is 0 Å². The van der Waals surface area contributed by atoms with Gasteiger partial charge in [-0.2, -0.15) is 0 Å². The lowest BCUT2D eigenvalue weighted by molar-refractivity contribution is -0.134. The fourth-order valence-electron chi connectivity index (χ4n) is 0.351. The molecule has 0 atom stereocenters. The molecular formula is C8H13ClO4. The Morgan fingerprint density at radius 2 is 1.85 bits per heavy atom. The maximum Gasteiger partial charge on any atom is 0.327 e. The van der Waals surface area contributed by atoms with Crippen LogP contribution < -0.4 is 0 Å². The van der Waals surface area contributed by atoms with Gasteiger partial charge in [0.25, 0.3) is 0 Å². The van der Waals surface area contributed by atoms with Crippen LogP contribution in [0.5, 0.6) is 0 Å². The van der Waals surface area contributed by atoms with E-state index in [-0.39, 0.29) is 5.88 Å². The third-order valence-corrected chi connectivity index (χ3v) is 1.06. The zero-order chi connectivity index (χ0) is 10.7. The Hall–Kier alpha value is -1.03. The van der Waals surface area contributed by atoms with Gasteiger partial charge in [-0.05, 0) is 6.42 Å². The van der Waals surface area contributed by atoms with Crippen molar-refractivity contribution < 1.29 is 19.8 Å². The van der Waals surface area contributed by atoms with E-state index >= 15 is 0 Å². The number of allylic oxidation sites excluding steroid dienone is 1. The molecule has 0 aliphatic rings. The second kappa shape index (κ2) is 11.0. The van der Waals surface area contributed by atoms with Crippen LogP contribution in [0.3, 0.4) is 0 Å². The summed E-state index contributed by atoms with van der Waals surface area (Å²) in [6.45, 7) is 2.01. The Kier molecular flexibility index (Phi) is 12.2. The summed E-state index contributed by atoms with van der Waals surface area (Å²) in [6.07, 6.45) is 4.68. The smallest absolute Gasteiger partial charge is 0.327 e. The van der Waals surface area contributed by atoms with Crippen molar-refractivity contribution in [2.45, 2.75) is 19.8 Å². The highest BCUT2D eigenvalue weighted by molar-refractivity contribution is 6.26. The summed E-state index contributed by atoms with van der Waals surface area (Å²) in [5.41, 5.74) is 0. The summed E-state index contributed by atoms with van der Waals surface area (Å²) < 4.78 is 0. The number of hydrogen-bond acceptors (Lipinski definition) is 2. The van der Waals surface area contributed by atoms with Gasteiger partial charge in [0.15, 0.2) is 0 Å². The summed E-state index contributed by atoms with van der Waals surface area (Å²) in [7, 11) is 0. The Morgan fingerprint density at radius 1 is 1.38 bits per heavy atom. The molecule has 2 N–H and O–H groups in total. The molecule has 0 aromatic heterocycles. The largest absolute Gasteiger partial charge is 0.480 e. The zero-order valence-electron chi connectivity index (χ0n) is 7.36. The summed E-state index contributed by atoms with van der Waals surface area (Å²) in [5.74, 6) is -2.15. The van der Waals surface area contributed by atoms with Gasteiger partial charge in [-0.25, -0.2) is 4.79 Å². The number of carbonyl (C=O) groups is 2. The quantitative estimate of drug-likeness (QED) is 0.545. The number of hydrogen-bond donors (Lipinski definition) is 2. The third kappa shape index (κ3) is 24.8. The first kappa shape index (κ1) is 14.5. The molecule has 76 valence electrons. The van der Waals surface area contributed by atoms with Crippen LogP contribution >= 0.6 is 11.6 Å². The van der Waals surface area contributed by atoms with Crippen LogP contribution in [0, 0.1) is 0 Å². The lowest BCUT2D eigenvalue weighted by atomic mass is 10.3. The average Bonchev–Trinajstić information content (AvgIpc) is 2.05. The molecule has 0 spiro atoms. The van der Waals surface area contributed by atoms with Gasteiger partial charge in [-0.3, -0.25) is 4.79 Å². The van der Waals surface area contributed by atoms with Gasteiger partial charge in [0.05, 0.1) is 0 Å². The first-order valence-electron chi connectivity index (χ1n) is 3.71. The molecule has 0 aliphatic heterocycles. The van der Waals surface area contributed by atoms with Crippen molar-refractivity contribution in [3.63, 3.8) is 0 Å². The van der Waals surface area contributed by atoms with E-state index in [2.05, 4.69) is 0 Å². The van der Waals surface area contributed by atoms with Crippen LogP contribution in [-0.4, -0.2) is 28.0 Å². The average molecular weight is 209 g/mol. The normalized spacial score (nSPS) is 9.08. The van der Waals surface area contributed by atoms with Crippen LogP contribution in [-0.2, 0) is 9.59 Å². The van der Waals surface area contributed by atoms with Crippen LogP contribution in [0.2, 0.25) is 0 Å². The molecule has 0 bridgehead atoms. The Balaban J connectivity index is 0. The van der Waals surface area contributed by atoms with Crippen molar-refractivity contribution in [1.29, 1.82) is 0 Å². The molecule has 0 aliphatic carbocycles. The number of alkyl halides is 1. The van der Waals surface area contributed by atoms with E-state index in [1.165, 1.54) is 6.08 Å². The molecule has 0 aromatic carbocycles. The first-order valence-corrected chi connectivity index (χ1v) is 4.25. The molecule has 0 amide bonds. The van der Waals surface area contributed by atoms with E-state index in [0.29, 0.717) is 0 Å². The lowest BCUT2D eigenvalue weighted by Gasteiger charge is -1.79. The number of halogens is 1. The van der Waals surface area contributed by atoms with Gasteiger partial charge >= 0.3 is 11.9 Å². The number of rotatable bonds is 4. The van der Waals surface area contributed by atoms with Gasteiger partial charge in [0.1, 0.15) is 5.88 Å². The fourth-order valence-corrected chi connectivity index (χ4v) is 0.351. The molecule has 0 fully saturated rings. The summed E-state index contributed by atoms with van der Waals surface area (Å²) >= 11 is 4.74. The summed E-state index contributed by atoms with van der Waals surface area (Å²) in [6, 6.07) is 0. The second-order valence-electron chi connectivity index (χ2n) is 2.06. The SMILES string of the molecule is CCCC=CC(=O)O.O=C(O)CCl. The third-order valence-electron chi connectivity index (χ3n) is 0.830. The van der Waals surface area contributed by atoms with E-state index in [0.717, 1.165) is 12.8 Å². The molecule has 0 radical (unpaired) electrons. The molecule has 5 heteroatoms. The highest BCUT2D eigenvalue weighted by Gasteiger charge is 1.83. The van der Waals surface area contributed by atoms with Crippen molar-refractivity contribution in [3.05, 3.63) is 12.2 Å². The number of carboxylic acid groups (broad SMARTS) is 2. The van der Waals surface area contributed by atoms with E-state index < -0.39 is 11.9 Å². The van der Waals surface area contributed by atoms with Crippen molar-refractivity contribution >= 4 is 23.5 Å². The lowest BCUT2D eigenvalue weighted by Crippen LogP contribution is -1.92. The summed E-state index contributed by atoms with van der Waals surface area (Å²) in [4.78, 5) is 19.0. The molecular weight excluding hydrogens is 196 g/mol. The molecule has 0 heterocycles. The monoisotopic (exact) mass is 208 g/mol. The molecule has 13 heavy (non-hydrogen) atoms. The van der Waals surface area contributed by atoms with Crippen molar-refractivity contribution in [2.75, 3.05) is 5.88 Å². The molecule has 0 saturated carbocycles. The standard InChI is InChI=1S/C6H10O2.C2H3ClO2/c1-2-3-4-5-6(7)8;3-1-2(4)5/h4-5H,2-3H2,1H3,(H,7,8);1H2,(H,4,5). The number of aliphatic carboxylic acids is 2. The van der Waals surface area contributed by atoms with Gasteiger partial charge < -0.3 is 10.2 Å². The summed E-state index contributed by atoms with van der Waals surface area (Å²) in [5, 5.41) is 15.6. The Bertz CT molecular complexity index is 177. The highest BCUT2D eigenvalue weighted by atomic mass is 35.5. The molecule has 0 aromatic rings. The minimum atomic E-state index is -0.980. The maximum atomic E-state index is 9.79. The van der Waals surface area contributed by atoms with Gasteiger partial charge in [0.2, 0.25) is 0 Å². The van der Waals surface area contributed by atoms with E-state index in [9.17, 15) is 9.59 Å². The predicted octanol–water partition coefficient (Wildman–Crippen LogP) is 1.74. The van der Waals surface area contributed by atoms with Crippen molar-refractivity contribution in [1.82, 2.24) is 0 Å². The van der Waals surface area contributed by atoms with Crippen LogP contribution in [0.15, 0.2) is 12.2 Å². The van der Waals surface area contributed by atoms with E-state index in [1.807, 2.05) is 6.92 Å².